The Morgan fingerprint density at radius 1 is 1.35 bits per heavy atom. The molecule has 0 aliphatic carbocycles. The molecule has 1 N–H and O–H groups in total. The molecule has 2 aromatic rings. The van der Waals surface area contributed by atoms with Crippen LogP contribution in [0.15, 0.2) is 12.4 Å². The van der Waals surface area contributed by atoms with E-state index in [-0.39, 0.29) is 6.04 Å². The quantitative estimate of drug-likeness (QED) is 0.888. The molecule has 0 saturated heterocycles. The average molecular weight is 292 g/mol. The molecular weight excluding hydrogens is 268 g/mol. The zero-order valence-electron chi connectivity index (χ0n) is 13.0. The van der Waals surface area contributed by atoms with E-state index in [1.54, 1.807) is 11.3 Å². The van der Waals surface area contributed by atoms with Gasteiger partial charge in [-0.25, -0.2) is 4.98 Å². The predicted octanol–water partition coefficient (Wildman–Crippen LogP) is 3.32. The van der Waals surface area contributed by atoms with Crippen molar-refractivity contribution in [2.75, 3.05) is 0 Å². The van der Waals surface area contributed by atoms with E-state index in [9.17, 15) is 0 Å². The highest BCUT2D eigenvalue weighted by Crippen LogP contribution is 2.28. The maximum atomic E-state index is 4.81. The number of nitrogens with one attached hydrogen (secondary N) is 1. The van der Waals surface area contributed by atoms with Crippen LogP contribution in [-0.4, -0.2) is 20.8 Å². The monoisotopic (exact) mass is 292 g/mol. The number of nitrogens with zero attached hydrogens (tertiary/aromatic N) is 3. The van der Waals surface area contributed by atoms with Gasteiger partial charge in [-0.2, -0.15) is 5.10 Å². The van der Waals surface area contributed by atoms with E-state index >= 15 is 0 Å². The largest absolute Gasteiger partial charge is 0.302 e. The van der Waals surface area contributed by atoms with Crippen molar-refractivity contribution in [3.63, 3.8) is 0 Å². The Bertz CT molecular complexity index is 556. The molecule has 0 spiro atoms. The topological polar surface area (TPSA) is 42.7 Å². The van der Waals surface area contributed by atoms with Gasteiger partial charge >= 0.3 is 0 Å². The summed E-state index contributed by atoms with van der Waals surface area (Å²) in [6, 6.07) is 0.540. The minimum Gasteiger partial charge on any atom is -0.302 e. The Kier molecular flexibility index (Phi) is 4.94. The molecule has 0 fully saturated rings. The third-order valence-electron chi connectivity index (χ3n) is 3.30. The summed E-state index contributed by atoms with van der Waals surface area (Å²) in [5.74, 6) is 0. The Balaban J connectivity index is 2.35. The first kappa shape index (κ1) is 15.2. The zero-order chi connectivity index (χ0) is 14.7. The van der Waals surface area contributed by atoms with E-state index < -0.39 is 0 Å². The second-order valence-electron chi connectivity index (χ2n) is 5.29. The van der Waals surface area contributed by atoms with Gasteiger partial charge in [0.05, 0.1) is 17.9 Å². The Hall–Kier alpha value is -1.20. The first-order valence-electron chi connectivity index (χ1n) is 7.29. The molecule has 1 atom stereocenters. The fourth-order valence-corrected chi connectivity index (χ4v) is 3.35. The Labute approximate surface area is 125 Å². The van der Waals surface area contributed by atoms with Crippen LogP contribution in [0.3, 0.4) is 0 Å². The van der Waals surface area contributed by atoms with Crippen LogP contribution in [0.4, 0.5) is 0 Å². The van der Waals surface area contributed by atoms with Crippen molar-refractivity contribution in [3.8, 4) is 0 Å². The van der Waals surface area contributed by atoms with Gasteiger partial charge in [-0.05, 0) is 34.1 Å². The third kappa shape index (κ3) is 3.27. The highest BCUT2D eigenvalue weighted by Gasteiger charge is 2.21. The summed E-state index contributed by atoms with van der Waals surface area (Å²) < 4.78 is 1.96. The standard InChI is InChI=1S/C15H24N4S/c1-6-13-11(5)20-15(18-13)14(17-10(3)4)12-8-16-19(7-2)9-12/h8-10,14,17H,6-7H2,1-5H3. The maximum absolute atomic E-state index is 4.81. The summed E-state index contributed by atoms with van der Waals surface area (Å²) in [7, 11) is 0. The molecule has 5 heteroatoms. The highest BCUT2D eigenvalue weighted by molar-refractivity contribution is 7.11. The van der Waals surface area contributed by atoms with Crippen molar-refractivity contribution in [1.82, 2.24) is 20.1 Å². The van der Waals surface area contributed by atoms with Gasteiger partial charge < -0.3 is 5.32 Å². The van der Waals surface area contributed by atoms with E-state index in [2.05, 4.69) is 51.2 Å². The second kappa shape index (κ2) is 6.50. The van der Waals surface area contributed by atoms with Crippen LogP contribution in [-0.2, 0) is 13.0 Å². The average Bonchev–Trinajstić information content (AvgIpc) is 3.02. The fraction of sp³-hybridized carbons (Fsp3) is 0.600. The van der Waals surface area contributed by atoms with Gasteiger partial charge in [0.2, 0.25) is 0 Å². The highest BCUT2D eigenvalue weighted by atomic mass is 32.1. The Morgan fingerprint density at radius 3 is 2.60 bits per heavy atom. The number of thiazole rings is 1. The minimum absolute atomic E-state index is 0.138. The zero-order valence-corrected chi connectivity index (χ0v) is 13.8. The van der Waals surface area contributed by atoms with Crippen LogP contribution < -0.4 is 5.32 Å². The summed E-state index contributed by atoms with van der Waals surface area (Å²) in [6.07, 6.45) is 5.05. The molecule has 0 amide bonds. The van der Waals surface area contributed by atoms with Crippen molar-refractivity contribution in [3.05, 3.63) is 33.5 Å². The minimum atomic E-state index is 0.138. The summed E-state index contributed by atoms with van der Waals surface area (Å²) in [6.45, 7) is 11.6. The van der Waals surface area contributed by atoms with E-state index in [0.29, 0.717) is 6.04 Å². The molecule has 1 unspecified atom stereocenters. The van der Waals surface area contributed by atoms with Crippen LogP contribution >= 0.6 is 11.3 Å². The van der Waals surface area contributed by atoms with Gasteiger partial charge in [-0.3, -0.25) is 4.68 Å². The molecule has 0 aliphatic rings. The molecule has 2 rings (SSSR count). The molecule has 2 heterocycles. The normalized spacial score (nSPS) is 13.1. The van der Waals surface area contributed by atoms with Crippen LogP contribution in [0.5, 0.6) is 0 Å². The molecule has 20 heavy (non-hydrogen) atoms. The van der Waals surface area contributed by atoms with Gasteiger partial charge in [0.1, 0.15) is 5.01 Å². The van der Waals surface area contributed by atoms with Crippen molar-refractivity contribution in [2.24, 2.45) is 0 Å². The van der Waals surface area contributed by atoms with Crippen molar-refractivity contribution in [2.45, 2.75) is 59.7 Å². The molecule has 0 aromatic carbocycles. The lowest BCUT2D eigenvalue weighted by Gasteiger charge is -2.18. The Morgan fingerprint density at radius 2 is 2.10 bits per heavy atom. The van der Waals surface area contributed by atoms with Crippen molar-refractivity contribution in [1.29, 1.82) is 0 Å². The molecule has 0 aliphatic heterocycles. The molecule has 0 saturated carbocycles. The number of aryl methyl sites for hydroxylation is 3. The summed E-state index contributed by atoms with van der Waals surface area (Å²) in [5.41, 5.74) is 2.40. The van der Waals surface area contributed by atoms with Crippen LogP contribution in [0.1, 0.15) is 54.9 Å². The van der Waals surface area contributed by atoms with E-state index in [4.69, 9.17) is 4.98 Å². The smallest absolute Gasteiger partial charge is 0.115 e. The lowest BCUT2D eigenvalue weighted by molar-refractivity contribution is 0.525. The second-order valence-corrected chi connectivity index (χ2v) is 6.53. The third-order valence-corrected chi connectivity index (χ3v) is 4.38. The number of rotatable bonds is 6. The van der Waals surface area contributed by atoms with Gasteiger partial charge in [-0.1, -0.05) is 6.92 Å². The number of aromatic nitrogens is 3. The van der Waals surface area contributed by atoms with Gasteiger partial charge in [-0.15, -0.1) is 11.3 Å². The summed E-state index contributed by atoms with van der Waals surface area (Å²) >= 11 is 1.79. The molecule has 110 valence electrons. The number of hydrogen-bond acceptors (Lipinski definition) is 4. The van der Waals surface area contributed by atoms with E-state index in [1.165, 1.54) is 16.1 Å². The molecule has 0 radical (unpaired) electrons. The predicted molar refractivity (Wildman–Crippen MR) is 84.2 cm³/mol. The van der Waals surface area contributed by atoms with Crippen LogP contribution in [0, 0.1) is 6.92 Å². The van der Waals surface area contributed by atoms with Gasteiger partial charge in [0.25, 0.3) is 0 Å². The van der Waals surface area contributed by atoms with Crippen LogP contribution in [0.25, 0.3) is 0 Å². The van der Waals surface area contributed by atoms with Crippen LogP contribution in [0.2, 0.25) is 0 Å². The van der Waals surface area contributed by atoms with Crippen molar-refractivity contribution >= 4 is 11.3 Å². The molecule has 4 nitrogen and oxygen atoms in total. The van der Waals surface area contributed by atoms with Gasteiger partial charge in [0, 0.05) is 29.2 Å². The first-order chi connectivity index (χ1) is 9.55. The fourth-order valence-electron chi connectivity index (χ4n) is 2.25. The maximum Gasteiger partial charge on any atom is 0.115 e. The lowest BCUT2D eigenvalue weighted by Crippen LogP contribution is -2.28. The number of hydrogen-bond donors (Lipinski definition) is 1. The van der Waals surface area contributed by atoms with Crippen molar-refractivity contribution < 1.29 is 0 Å². The van der Waals surface area contributed by atoms with E-state index in [1.807, 2.05) is 10.9 Å². The molecule has 2 aromatic heterocycles. The summed E-state index contributed by atoms with van der Waals surface area (Å²) in [4.78, 5) is 6.13. The van der Waals surface area contributed by atoms with E-state index in [0.717, 1.165) is 18.0 Å². The first-order valence-corrected chi connectivity index (χ1v) is 8.11. The SMILES string of the molecule is CCc1nc(C(NC(C)C)c2cnn(CC)c2)sc1C. The molecule has 0 bridgehead atoms. The van der Waals surface area contributed by atoms with Gasteiger partial charge in [0.15, 0.2) is 0 Å². The lowest BCUT2D eigenvalue weighted by atomic mass is 10.1. The summed E-state index contributed by atoms with van der Waals surface area (Å²) in [5, 5.41) is 9.14. The molecular formula is C15H24N4S.